The summed E-state index contributed by atoms with van der Waals surface area (Å²) in [7, 11) is 1.56. The summed E-state index contributed by atoms with van der Waals surface area (Å²) < 4.78 is 5.36. The number of methoxy groups -OCH3 is 1. The number of hydrogen-bond acceptors (Lipinski definition) is 5. The molecule has 2 saturated heterocycles. The largest absolute Gasteiger partial charge is 0.495 e. The maximum Gasteiger partial charge on any atom is 0.321 e. The minimum atomic E-state index is -0.825. The molecule has 4 amide bonds. The van der Waals surface area contributed by atoms with E-state index >= 15 is 0 Å². The number of carbonyl (C=O) groups is 3. The highest BCUT2D eigenvalue weighted by atomic mass is 16.5. The summed E-state index contributed by atoms with van der Waals surface area (Å²) in [6.07, 6.45) is 0.914. The molecule has 2 aliphatic heterocycles. The number of rotatable bonds is 7. The van der Waals surface area contributed by atoms with Gasteiger partial charge in [0, 0.05) is 18.8 Å². The van der Waals surface area contributed by atoms with Crippen molar-refractivity contribution in [2.75, 3.05) is 43.6 Å². The average Bonchev–Trinajstić information content (AvgIpc) is 3.24. The van der Waals surface area contributed by atoms with Gasteiger partial charge in [-0.05, 0) is 49.6 Å². The van der Waals surface area contributed by atoms with Crippen LogP contribution >= 0.6 is 0 Å². The Balaban J connectivity index is 1.29. The predicted molar refractivity (Wildman–Crippen MR) is 154 cm³/mol. The van der Waals surface area contributed by atoms with Crippen LogP contribution in [0.1, 0.15) is 31.4 Å². The Morgan fingerprint density at radius 3 is 2.23 bits per heavy atom. The summed E-state index contributed by atoms with van der Waals surface area (Å²) in [5.74, 6) is 0.299. The first-order chi connectivity index (χ1) is 19.4. The fourth-order valence-electron chi connectivity index (χ4n) is 5.63. The maximum atomic E-state index is 14.0. The molecular weight excluding hydrogens is 506 g/mol. The Bertz CT molecular complexity index is 1340. The first-order valence-corrected chi connectivity index (χ1v) is 13.6. The van der Waals surface area contributed by atoms with Gasteiger partial charge in [-0.3, -0.25) is 9.59 Å². The quantitative estimate of drug-likeness (QED) is 0.467. The molecule has 0 radical (unpaired) electrons. The van der Waals surface area contributed by atoms with E-state index in [1.165, 1.54) is 0 Å². The van der Waals surface area contributed by atoms with Gasteiger partial charge in [-0.2, -0.15) is 0 Å². The van der Waals surface area contributed by atoms with Crippen molar-refractivity contribution in [3.8, 4) is 5.75 Å². The standard InChI is InChI=1S/C31H35N5O4/c1-23(24-11-5-3-6-12-24)32-28(37)21-35-22-36(25-13-7-4-8-14-25)31(29(35)38)17-19-34(20-18-31)30(39)33-26-15-9-10-16-27(26)40-2/h3-16,23H,17-22H2,1-2H3,(H,32,37)(H,33,39). The molecule has 3 aromatic rings. The van der Waals surface area contributed by atoms with Crippen LogP contribution in [0.15, 0.2) is 84.9 Å². The van der Waals surface area contributed by atoms with Crippen LogP contribution in [-0.2, 0) is 9.59 Å². The van der Waals surface area contributed by atoms with E-state index in [9.17, 15) is 14.4 Å². The molecule has 0 bridgehead atoms. The van der Waals surface area contributed by atoms with E-state index in [0.717, 1.165) is 11.3 Å². The first kappa shape index (κ1) is 27.1. The van der Waals surface area contributed by atoms with Crippen LogP contribution in [0.2, 0.25) is 0 Å². The number of likely N-dealkylation sites (tertiary alicyclic amines) is 1. The van der Waals surface area contributed by atoms with E-state index in [2.05, 4.69) is 15.5 Å². The number of hydrogen-bond donors (Lipinski definition) is 2. The molecule has 3 aromatic carbocycles. The van der Waals surface area contributed by atoms with Gasteiger partial charge in [0.2, 0.25) is 5.91 Å². The lowest BCUT2D eigenvalue weighted by molar-refractivity contribution is -0.137. The number of ether oxygens (including phenoxy) is 1. The highest BCUT2D eigenvalue weighted by Gasteiger charge is 2.54. The molecule has 2 heterocycles. The molecule has 1 atom stereocenters. The molecule has 0 aromatic heterocycles. The number of amides is 4. The minimum Gasteiger partial charge on any atom is -0.495 e. The Labute approximate surface area is 234 Å². The van der Waals surface area contributed by atoms with Crippen LogP contribution in [0, 0.1) is 0 Å². The van der Waals surface area contributed by atoms with Crippen LogP contribution in [-0.4, -0.2) is 66.6 Å². The molecule has 2 fully saturated rings. The van der Waals surface area contributed by atoms with Crippen molar-refractivity contribution in [3.05, 3.63) is 90.5 Å². The van der Waals surface area contributed by atoms with Crippen LogP contribution < -0.4 is 20.3 Å². The third-order valence-electron chi connectivity index (χ3n) is 7.82. The number of piperidine rings is 1. The third kappa shape index (κ3) is 5.45. The van der Waals surface area contributed by atoms with E-state index in [1.54, 1.807) is 29.0 Å². The Morgan fingerprint density at radius 1 is 0.925 bits per heavy atom. The number of anilines is 2. The van der Waals surface area contributed by atoms with E-state index in [4.69, 9.17) is 4.74 Å². The zero-order valence-electron chi connectivity index (χ0n) is 22.9. The molecular formula is C31H35N5O4. The number of carbonyl (C=O) groups excluding carboxylic acids is 3. The van der Waals surface area contributed by atoms with Crippen molar-refractivity contribution in [2.45, 2.75) is 31.3 Å². The lowest BCUT2D eigenvalue weighted by Gasteiger charge is -2.43. The molecule has 5 rings (SSSR count). The average molecular weight is 542 g/mol. The number of para-hydroxylation sites is 3. The van der Waals surface area contributed by atoms with E-state index in [0.29, 0.717) is 44.0 Å². The van der Waals surface area contributed by atoms with Crippen LogP contribution in [0.5, 0.6) is 5.75 Å². The zero-order valence-corrected chi connectivity index (χ0v) is 22.9. The summed E-state index contributed by atoms with van der Waals surface area (Å²) in [5.41, 5.74) is 1.70. The van der Waals surface area contributed by atoms with Gasteiger partial charge in [-0.1, -0.05) is 60.7 Å². The molecule has 0 saturated carbocycles. The van der Waals surface area contributed by atoms with Gasteiger partial charge >= 0.3 is 6.03 Å². The van der Waals surface area contributed by atoms with Gasteiger partial charge in [0.15, 0.2) is 0 Å². The Morgan fingerprint density at radius 2 is 1.55 bits per heavy atom. The molecule has 9 heteroatoms. The molecule has 2 N–H and O–H groups in total. The Hall–Kier alpha value is -4.53. The molecule has 208 valence electrons. The molecule has 9 nitrogen and oxygen atoms in total. The smallest absolute Gasteiger partial charge is 0.321 e. The summed E-state index contributed by atoms with van der Waals surface area (Å²) in [6, 6.07) is 26.4. The molecule has 1 spiro atoms. The van der Waals surface area contributed by atoms with Crippen LogP contribution in [0.3, 0.4) is 0 Å². The second-order valence-corrected chi connectivity index (χ2v) is 10.3. The SMILES string of the molecule is COc1ccccc1NC(=O)N1CCC2(CC1)C(=O)N(CC(=O)NC(C)c1ccccc1)CN2c1ccccc1. The second kappa shape index (κ2) is 11.7. The Kier molecular flexibility index (Phi) is 7.91. The number of nitrogens with one attached hydrogen (secondary N) is 2. The fourth-order valence-corrected chi connectivity index (χ4v) is 5.63. The molecule has 1 unspecified atom stereocenters. The monoisotopic (exact) mass is 541 g/mol. The van der Waals surface area contributed by atoms with Crippen molar-refractivity contribution in [1.82, 2.24) is 15.1 Å². The summed E-state index contributed by atoms with van der Waals surface area (Å²) in [5, 5.41) is 5.95. The van der Waals surface area contributed by atoms with Crippen molar-refractivity contribution in [2.24, 2.45) is 0 Å². The van der Waals surface area contributed by atoms with Crippen LogP contribution in [0.4, 0.5) is 16.2 Å². The third-order valence-corrected chi connectivity index (χ3v) is 7.82. The molecule has 40 heavy (non-hydrogen) atoms. The van der Waals surface area contributed by atoms with Crippen molar-refractivity contribution >= 4 is 29.2 Å². The minimum absolute atomic E-state index is 0.0287. The van der Waals surface area contributed by atoms with Gasteiger partial charge in [-0.15, -0.1) is 0 Å². The van der Waals surface area contributed by atoms with E-state index in [-0.39, 0.29) is 30.4 Å². The number of urea groups is 1. The second-order valence-electron chi connectivity index (χ2n) is 10.3. The normalized spacial score (nSPS) is 17.1. The highest BCUT2D eigenvalue weighted by molar-refractivity contribution is 5.97. The van der Waals surface area contributed by atoms with Gasteiger partial charge < -0.3 is 30.1 Å². The lowest BCUT2D eigenvalue weighted by atomic mass is 9.85. The zero-order chi connectivity index (χ0) is 28.1. The van der Waals surface area contributed by atoms with Crippen LogP contribution in [0.25, 0.3) is 0 Å². The molecule has 0 aliphatic carbocycles. The summed E-state index contributed by atoms with van der Waals surface area (Å²) in [4.78, 5) is 45.5. The predicted octanol–water partition coefficient (Wildman–Crippen LogP) is 4.25. The van der Waals surface area contributed by atoms with Gasteiger partial charge in [-0.25, -0.2) is 4.79 Å². The first-order valence-electron chi connectivity index (χ1n) is 13.6. The lowest BCUT2D eigenvalue weighted by Crippen LogP contribution is -2.58. The fraction of sp³-hybridized carbons (Fsp3) is 0.323. The number of benzene rings is 3. The van der Waals surface area contributed by atoms with Crippen molar-refractivity contribution in [1.29, 1.82) is 0 Å². The highest BCUT2D eigenvalue weighted by Crippen LogP contribution is 2.39. The van der Waals surface area contributed by atoms with E-state index in [1.807, 2.05) is 79.7 Å². The summed E-state index contributed by atoms with van der Waals surface area (Å²) >= 11 is 0. The topological polar surface area (TPSA) is 94.2 Å². The van der Waals surface area contributed by atoms with E-state index < -0.39 is 5.54 Å². The van der Waals surface area contributed by atoms with Gasteiger partial charge in [0.1, 0.15) is 17.8 Å². The molecule has 2 aliphatic rings. The van der Waals surface area contributed by atoms with Crippen molar-refractivity contribution < 1.29 is 19.1 Å². The summed E-state index contributed by atoms with van der Waals surface area (Å²) in [6.45, 7) is 3.02. The maximum absolute atomic E-state index is 14.0. The number of nitrogens with zero attached hydrogens (tertiary/aromatic N) is 3. The van der Waals surface area contributed by atoms with Crippen molar-refractivity contribution in [3.63, 3.8) is 0 Å². The van der Waals surface area contributed by atoms with Gasteiger partial charge in [0.25, 0.3) is 5.91 Å². The van der Waals surface area contributed by atoms with Gasteiger partial charge in [0.05, 0.1) is 25.5 Å².